The molecule has 0 aliphatic carbocycles. The van der Waals surface area contributed by atoms with E-state index in [-0.39, 0.29) is 12.8 Å². The average Bonchev–Trinajstić information content (AvgIpc) is 3.20. The van der Waals surface area contributed by atoms with Gasteiger partial charge in [-0.15, -0.1) is 0 Å². The van der Waals surface area contributed by atoms with Gasteiger partial charge in [0.1, 0.15) is 12.7 Å². The maximum absolute atomic E-state index is 12.3. The quantitative estimate of drug-likeness (QED) is 0.0203. The first-order valence-corrected chi connectivity index (χ1v) is 22.8. The number of rotatable bonds is 38. The van der Waals surface area contributed by atoms with Crippen molar-refractivity contribution in [3.8, 4) is 0 Å². The number of hydrogen-bond acceptors (Lipinski definition) is 8. The van der Waals surface area contributed by atoms with Crippen molar-refractivity contribution in [3.05, 3.63) is 97.2 Å². The Morgan fingerprint density at radius 2 is 1.02 bits per heavy atom. The molecular formula is C46H74NO10P. The molecule has 0 aromatic rings. The normalized spacial score (nSPS) is 14.7. The third-order valence-electron chi connectivity index (χ3n) is 8.37. The number of aliphatic carboxylic acids is 1. The average molecular weight is 832 g/mol. The predicted octanol–water partition coefficient (Wildman–Crippen LogP) is 10.9. The molecule has 328 valence electrons. The summed E-state index contributed by atoms with van der Waals surface area (Å²) in [6.07, 6.45) is 50.1. The monoisotopic (exact) mass is 832 g/mol. The van der Waals surface area contributed by atoms with Crippen molar-refractivity contribution >= 4 is 25.7 Å². The standard InChI is InChI=1S/C46H74NO10P/c1-3-5-7-9-11-13-15-17-19-20-21-22-24-26-28-30-32-34-36-38-45(50)55-39-42(48)40-56-58(53,54)57-41-43(46(51)52)47-44(49)37-35-33-31-29-27-25-23-18-16-14-12-10-8-6-4-2/h5,7,11-14,17-19,21-23,26,28,32,34,42-43,48H,3-4,6,8-10,15-16,20,24-25,27,29-31,33,35-41H2,1-2H3,(H,47,49)(H,51,52)(H,53,54)/b7-5-,13-11-,14-12-,19-17-,22-21-,23-18-,28-26-,34-32-. The van der Waals surface area contributed by atoms with E-state index in [1.165, 1.54) is 19.3 Å². The molecule has 0 spiro atoms. The largest absolute Gasteiger partial charge is 0.480 e. The van der Waals surface area contributed by atoms with E-state index in [1.54, 1.807) is 0 Å². The van der Waals surface area contributed by atoms with Crippen molar-refractivity contribution in [1.82, 2.24) is 5.32 Å². The first-order chi connectivity index (χ1) is 28.1. The Morgan fingerprint density at radius 3 is 1.53 bits per heavy atom. The Morgan fingerprint density at radius 1 is 0.569 bits per heavy atom. The lowest BCUT2D eigenvalue weighted by Crippen LogP contribution is -2.43. The van der Waals surface area contributed by atoms with E-state index < -0.39 is 57.6 Å². The molecule has 11 nitrogen and oxygen atoms in total. The summed E-state index contributed by atoms with van der Waals surface area (Å²) in [6, 6.07) is -1.57. The molecule has 0 radical (unpaired) electrons. The highest BCUT2D eigenvalue weighted by molar-refractivity contribution is 7.47. The number of esters is 1. The zero-order valence-electron chi connectivity index (χ0n) is 35.3. The molecule has 1 amide bonds. The van der Waals surface area contributed by atoms with Crippen LogP contribution < -0.4 is 5.32 Å². The van der Waals surface area contributed by atoms with Gasteiger partial charge in [0.25, 0.3) is 0 Å². The van der Waals surface area contributed by atoms with Crippen molar-refractivity contribution < 1.29 is 47.8 Å². The van der Waals surface area contributed by atoms with Crippen LogP contribution in [0.3, 0.4) is 0 Å². The highest BCUT2D eigenvalue weighted by atomic mass is 31.2. The summed E-state index contributed by atoms with van der Waals surface area (Å²) >= 11 is 0. The summed E-state index contributed by atoms with van der Waals surface area (Å²) in [5.74, 6) is -2.50. The molecule has 0 saturated carbocycles. The number of phosphoric acid groups is 1. The number of amides is 1. The number of carbonyl (C=O) groups excluding carboxylic acids is 2. The van der Waals surface area contributed by atoms with E-state index in [9.17, 15) is 34.1 Å². The van der Waals surface area contributed by atoms with Gasteiger partial charge in [-0.05, 0) is 83.5 Å². The molecule has 3 unspecified atom stereocenters. The fourth-order valence-corrected chi connectivity index (χ4v) is 5.85. The second kappa shape index (κ2) is 40.2. The SMILES string of the molecule is CC/C=C\C/C=C\C/C=C\C/C=C\C/C=C\C/C=C\CCC(=O)OCC(O)COP(=O)(O)OCC(NC(=O)CCCCCCC/C=C\C/C=C\CCCCC)C(=O)O. The van der Waals surface area contributed by atoms with E-state index in [0.29, 0.717) is 12.8 Å². The molecule has 4 N–H and O–H groups in total. The molecule has 0 saturated heterocycles. The van der Waals surface area contributed by atoms with Gasteiger partial charge in [0.2, 0.25) is 5.91 Å². The molecule has 0 rings (SSSR count). The van der Waals surface area contributed by atoms with Crippen molar-refractivity contribution in [3.63, 3.8) is 0 Å². The lowest BCUT2D eigenvalue weighted by Gasteiger charge is -2.18. The van der Waals surface area contributed by atoms with Crippen LogP contribution in [0.2, 0.25) is 0 Å². The lowest BCUT2D eigenvalue weighted by molar-refractivity contribution is -0.147. The fraction of sp³-hybridized carbons (Fsp3) is 0.587. The molecule has 58 heavy (non-hydrogen) atoms. The van der Waals surface area contributed by atoms with Crippen LogP contribution in [0.1, 0.15) is 142 Å². The molecule has 0 aliphatic heterocycles. The maximum Gasteiger partial charge on any atom is 0.472 e. The fourth-order valence-electron chi connectivity index (χ4n) is 5.07. The van der Waals surface area contributed by atoms with Gasteiger partial charge in [-0.25, -0.2) is 9.36 Å². The predicted molar refractivity (Wildman–Crippen MR) is 235 cm³/mol. The summed E-state index contributed by atoms with van der Waals surface area (Å²) in [5, 5.41) is 21.8. The lowest BCUT2D eigenvalue weighted by atomic mass is 10.1. The Hall–Kier alpha value is -3.60. The molecule has 0 aromatic heterocycles. The smallest absolute Gasteiger partial charge is 0.472 e. The number of phosphoric ester groups is 1. The molecular weight excluding hydrogens is 757 g/mol. The molecule has 0 fully saturated rings. The number of aliphatic hydroxyl groups is 1. The van der Waals surface area contributed by atoms with Crippen LogP contribution >= 0.6 is 7.82 Å². The third kappa shape index (κ3) is 39.2. The van der Waals surface area contributed by atoms with Crippen molar-refractivity contribution in [2.45, 2.75) is 154 Å². The highest BCUT2D eigenvalue weighted by Gasteiger charge is 2.28. The Labute approximate surface area is 349 Å². The number of allylic oxidation sites excluding steroid dienone is 16. The van der Waals surface area contributed by atoms with Gasteiger partial charge in [0, 0.05) is 12.8 Å². The summed E-state index contributed by atoms with van der Waals surface area (Å²) in [7, 11) is -4.78. The molecule has 0 heterocycles. The summed E-state index contributed by atoms with van der Waals surface area (Å²) in [5.41, 5.74) is 0. The number of nitrogens with one attached hydrogen (secondary N) is 1. The number of carboxylic acids is 1. The van der Waals surface area contributed by atoms with Gasteiger partial charge in [-0.3, -0.25) is 18.6 Å². The molecule has 0 aliphatic rings. The van der Waals surface area contributed by atoms with Gasteiger partial charge < -0.3 is 25.2 Å². The first kappa shape index (κ1) is 54.4. The zero-order valence-corrected chi connectivity index (χ0v) is 36.2. The number of carboxylic acid groups (broad SMARTS) is 1. The number of carbonyl (C=O) groups is 3. The zero-order chi connectivity index (χ0) is 42.8. The highest BCUT2D eigenvalue weighted by Crippen LogP contribution is 2.43. The van der Waals surface area contributed by atoms with E-state index in [2.05, 4.69) is 98.2 Å². The van der Waals surface area contributed by atoms with E-state index in [1.807, 2.05) is 18.2 Å². The molecule has 12 heteroatoms. The van der Waals surface area contributed by atoms with Gasteiger partial charge in [0.15, 0.2) is 6.04 Å². The van der Waals surface area contributed by atoms with Crippen molar-refractivity contribution in [1.29, 1.82) is 0 Å². The minimum atomic E-state index is -4.78. The summed E-state index contributed by atoms with van der Waals surface area (Å²) in [4.78, 5) is 45.8. The van der Waals surface area contributed by atoms with Gasteiger partial charge >= 0.3 is 19.8 Å². The van der Waals surface area contributed by atoms with E-state index in [4.69, 9.17) is 13.8 Å². The third-order valence-corrected chi connectivity index (χ3v) is 9.32. The van der Waals surface area contributed by atoms with Crippen LogP contribution in [0.25, 0.3) is 0 Å². The second-order valence-corrected chi connectivity index (χ2v) is 15.2. The van der Waals surface area contributed by atoms with E-state index >= 15 is 0 Å². The first-order valence-electron chi connectivity index (χ1n) is 21.3. The number of unbranched alkanes of at least 4 members (excludes halogenated alkanes) is 8. The minimum absolute atomic E-state index is 0.0925. The number of ether oxygens (including phenoxy) is 1. The van der Waals surface area contributed by atoms with Gasteiger partial charge in [-0.2, -0.15) is 0 Å². The van der Waals surface area contributed by atoms with Crippen LogP contribution in [0.4, 0.5) is 0 Å². The summed E-state index contributed by atoms with van der Waals surface area (Å²) < 4.78 is 26.7. The topological polar surface area (TPSA) is 169 Å². The number of hydrogen-bond donors (Lipinski definition) is 4. The van der Waals surface area contributed by atoms with E-state index in [0.717, 1.165) is 83.5 Å². The van der Waals surface area contributed by atoms with Crippen molar-refractivity contribution in [2.24, 2.45) is 0 Å². The van der Waals surface area contributed by atoms with Crippen LogP contribution in [0, 0.1) is 0 Å². The molecule has 0 aromatic carbocycles. The van der Waals surface area contributed by atoms with Crippen molar-refractivity contribution in [2.75, 3.05) is 19.8 Å². The summed E-state index contributed by atoms with van der Waals surface area (Å²) in [6.45, 7) is 2.34. The van der Waals surface area contributed by atoms with Gasteiger partial charge in [0.05, 0.1) is 13.2 Å². The van der Waals surface area contributed by atoms with Crippen LogP contribution in [0.5, 0.6) is 0 Å². The van der Waals surface area contributed by atoms with Crippen LogP contribution in [0.15, 0.2) is 97.2 Å². The molecule has 0 bridgehead atoms. The number of aliphatic hydroxyl groups excluding tert-OH is 1. The maximum atomic E-state index is 12.3. The molecule has 3 atom stereocenters. The van der Waals surface area contributed by atoms with Gasteiger partial charge in [-0.1, -0.05) is 143 Å². The second-order valence-electron chi connectivity index (χ2n) is 13.8. The Kier molecular flexibility index (Phi) is 37.7. The Bertz CT molecular complexity index is 1350. The van der Waals surface area contributed by atoms with Crippen LogP contribution in [-0.2, 0) is 32.7 Å². The minimum Gasteiger partial charge on any atom is -0.480 e. The van der Waals surface area contributed by atoms with Crippen LogP contribution in [-0.4, -0.2) is 64.9 Å². The Balaban J connectivity index is 4.06.